The van der Waals surface area contributed by atoms with Crippen LogP contribution in [0.3, 0.4) is 0 Å². The van der Waals surface area contributed by atoms with Gasteiger partial charge in [0, 0.05) is 20.1 Å². The summed E-state index contributed by atoms with van der Waals surface area (Å²) in [6.07, 6.45) is 3.72. The van der Waals surface area contributed by atoms with E-state index in [2.05, 4.69) is 5.32 Å². The lowest BCUT2D eigenvalue weighted by Gasteiger charge is -2.36. The molecule has 0 aromatic rings. The summed E-state index contributed by atoms with van der Waals surface area (Å²) >= 11 is 0. The van der Waals surface area contributed by atoms with Crippen molar-refractivity contribution in [3.8, 4) is 0 Å². The zero-order valence-electron chi connectivity index (χ0n) is 9.05. The van der Waals surface area contributed by atoms with Gasteiger partial charge in [-0.3, -0.25) is 4.79 Å². The quantitative estimate of drug-likeness (QED) is 0.709. The molecule has 1 amide bonds. The second-order valence-electron chi connectivity index (χ2n) is 4.60. The topological polar surface area (TPSA) is 32.3 Å². The molecule has 1 fully saturated rings. The highest BCUT2D eigenvalue weighted by Gasteiger charge is 2.32. The number of carbonyl (C=O) groups excluding carboxylic acids is 1. The average molecular weight is 184 g/mol. The molecule has 1 aliphatic rings. The first kappa shape index (κ1) is 10.5. The smallest absolute Gasteiger partial charge is 0.241 e. The van der Waals surface area contributed by atoms with E-state index >= 15 is 0 Å². The highest BCUT2D eigenvalue weighted by Crippen LogP contribution is 2.21. The normalized spacial score (nSPS) is 18.2. The van der Waals surface area contributed by atoms with E-state index in [0.717, 1.165) is 0 Å². The van der Waals surface area contributed by atoms with Gasteiger partial charge < -0.3 is 10.2 Å². The number of likely N-dealkylation sites (N-methyl/N-ethyl adjacent to an activating group) is 1. The Morgan fingerprint density at radius 2 is 1.92 bits per heavy atom. The highest BCUT2D eigenvalue weighted by atomic mass is 16.2. The van der Waals surface area contributed by atoms with Crippen molar-refractivity contribution in [3.63, 3.8) is 0 Å². The Kier molecular flexibility index (Phi) is 2.96. The minimum atomic E-state index is -0.408. The van der Waals surface area contributed by atoms with Crippen molar-refractivity contribution >= 4 is 5.91 Å². The average Bonchev–Trinajstić information content (AvgIpc) is 1.95. The number of nitrogens with one attached hydrogen (secondary N) is 1. The third-order valence-electron chi connectivity index (χ3n) is 2.61. The van der Waals surface area contributed by atoms with Crippen LogP contribution in [0.25, 0.3) is 0 Å². The second kappa shape index (κ2) is 3.66. The fourth-order valence-electron chi connectivity index (χ4n) is 1.68. The maximum absolute atomic E-state index is 11.7. The Hall–Kier alpha value is -0.570. The highest BCUT2D eigenvalue weighted by molar-refractivity contribution is 5.85. The van der Waals surface area contributed by atoms with Crippen molar-refractivity contribution in [2.45, 2.75) is 44.7 Å². The molecule has 0 heterocycles. The Labute approximate surface area is 80.5 Å². The second-order valence-corrected chi connectivity index (χ2v) is 4.60. The largest absolute Gasteiger partial charge is 0.347 e. The lowest BCUT2D eigenvalue weighted by molar-refractivity contribution is -0.135. The number of carbonyl (C=O) groups is 1. The fraction of sp³-hybridized carbons (Fsp3) is 0.900. The Balaban J connectivity index is 2.47. The Morgan fingerprint density at radius 3 is 2.23 bits per heavy atom. The minimum absolute atomic E-state index is 0.152. The van der Waals surface area contributed by atoms with E-state index in [9.17, 15) is 4.79 Å². The maximum Gasteiger partial charge on any atom is 0.241 e. The standard InChI is InChI=1S/C10H20N2O/c1-10(2,9(13)12(3)4)11-8-6-5-7-8/h8,11H,5-7H2,1-4H3. The Morgan fingerprint density at radius 1 is 1.38 bits per heavy atom. The molecule has 0 radical (unpaired) electrons. The van der Waals surface area contributed by atoms with Gasteiger partial charge in [0.1, 0.15) is 0 Å². The van der Waals surface area contributed by atoms with Crippen LogP contribution < -0.4 is 5.32 Å². The van der Waals surface area contributed by atoms with E-state index in [-0.39, 0.29) is 5.91 Å². The molecule has 0 aromatic heterocycles. The number of hydrogen-bond donors (Lipinski definition) is 1. The first-order valence-corrected chi connectivity index (χ1v) is 4.93. The minimum Gasteiger partial charge on any atom is -0.347 e. The van der Waals surface area contributed by atoms with Crippen molar-refractivity contribution in [3.05, 3.63) is 0 Å². The summed E-state index contributed by atoms with van der Waals surface area (Å²) in [6.45, 7) is 3.90. The van der Waals surface area contributed by atoms with Gasteiger partial charge in [-0.05, 0) is 26.7 Å². The summed E-state index contributed by atoms with van der Waals surface area (Å²) in [5, 5.41) is 3.38. The summed E-state index contributed by atoms with van der Waals surface area (Å²) in [6, 6.07) is 0.555. The number of amides is 1. The van der Waals surface area contributed by atoms with Crippen LogP contribution in [0.15, 0.2) is 0 Å². The SMILES string of the molecule is CN(C)C(=O)C(C)(C)NC1CCC1. The van der Waals surface area contributed by atoms with Gasteiger partial charge in [-0.25, -0.2) is 0 Å². The van der Waals surface area contributed by atoms with Crippen LogP contribution in [0, 0.1) is 0 Å². The van der Waals surface area contributed by atoms with Crippen LogP contribution in [0.2, 0.25) is 0 Å². The molecular weight excluding hydrogens is 164 g/mol. The summed E-state index contributed by atoms with van der Waals surface area (Å²) in [5.41, 5.74) is -0.408. The van der Waals surface area contributed by atoms with Gasteiger partial charge in [0.2, 0.25) is 5.91 Å². The van der Waals surface area contributed by atoms with Crippen LogP contribution >= 0.6 is 0 Å². The van der Waals surface area contributed by atoms with Crippen LogP contribution in [-0.4, -0.2) is 36.5 Å². The van der Waals surface area contributed by atoms with Gasteiger partial charge in [0.05, 0.1) is 5.54 Å². The van der Waals surface area contributed by atoms with Crippen molar-refractivity contribution in [1.29, 1.82) is 0 Å². The molecule has 3 heteroatoms. The van der Waals surface area contributed by atoms with Crippen LogP contribution in [0.5, 0.6) is 0 Å². The van der Waals surface area contributed by atoms with Gasteiger partial charge in [0.25, 0.3) is 0 Å². The molecule has 0 spiro atoms. The summed E-state index contributed by atoms with van der Waals surface area (Å²) in [4.78, 5) is 13.3. The molecule has 13 heavy (non-hydrogen) atoms. The first-order valence-electron chi connectivity index (χ1n) is 4.93. The summed E-state index contributed by atoms with van der Waals surface area (Å²) in [7, 11) is 3.60. The molecule has 0 unspecified atom stereocenters. The molecule has 0 aromatic carbocycles. The van der Waals surface area contributed by atoms with Gasteiger partial charge in [-0.1, -0.05) is 6.42 Å². The van der Waals surface area contributed by atoms with Crippen LogP contribution in [-0.2, 0) is 4.79 Å². The van der Waals surface area contributed by atoms with Gasteiger partial charge in [-0.15, -0.1) is 0 Å². The van der Waals surface area contributed by atoms with E-state index < -0.39 is 5.54 Å². The monoisotopic (exact) mass is 184 g/mol. The fourth-order valence-corrected chi connectivity index (χ4v) is 1.68. The lowest BCUT2D eigenvalue weighted by Crippen LogP contribution is -2.57. The Bertz CT molecular complexity index is 195. The van der Waals surface area contributed by atoms with Gasteiger partial charge >= 0.3 is 0 Å². The molecule has 1 saturated carbocycles. The van der Waals surface area contributed by atoms with Crippen LogP contribution in [0.1, 0.15) is 33.1 Å². The van der Waals surface area contributed by atoms with E-state index in [4.69, 9.17) is 0 Å². The van der Waals surface area contributed by atoms with Gasteiger partial charge in [0.15, 0.2) is 0 Å². The van der Waals surface area contributed by atoms with Crippen molar-refractivity contribution < 1.29 is 4.79 Å². The van der Waals surface area contributed by atoms with Crippen molar-refractivity contribution in [2.75, 3.05) is 14.1 Å². The molecule has 1 rings (SSSR count). The molecule has 1 N–H and O–H groups in total. The molecule has 3 nitrogen and oxygen atoms in total. The first-order chi connectivity index (χ1) is 5.93. The summed E-state index contributed by atoms with van der Waals surface area (Å²) < 4.78 is 0. The predicted molar refractivity (Wildman–Crippen MR) is 53.5 cm³/mol. The van der Waals surface area contributed by atoms with Crippen LogP contribution in [0.4, 0.5) is 0 Å². The molecule has 1 aliphatic carbocycles. The van der Waals surface area contributed by atoms with Gasteiger partial charge in [-0.2, -0.15) is 0 Å². The molecule has 0 bridgehead atoms. The lowest BCUT2D eigenvalue weighted by atomic mass is 9.89. The number of rotatable bonds is 3. The third-order valence-corrected chi connectivity index (χ3v) is 2.61. The van der Waals surface area contributed by atoms with Crippen molar-refractivity contribution in [2.24, 2.45) is 0 Å². The van der Waals surface area contributed by atoms with E-state index in [1.807, 2.05) is 13.8 Å². The van der Waals surface area contributed by atoms with E-state index in [0.29, 0.717) is 6.04 Å². The number of nitrogens with zero attached hydrogens (tertiary/aromatic N) is 1. The molecule has 0 aliphatic heterocycles. The van der Waals surface area contributed by atoms with Crippen molar-refractivity contribution in [1.82, 2.24) is 10.2 Å². The maximum atomic E-state index is 11.7. The summed E-state index contributed by atoms with van der Waals surface area (Å²) in [5.74, 6) is 0.152. The third kappa shape index (κ3) is 2.44. The molecular formula is C10H20N2O. The molecule has 0 saturated heterocycles. The number of hydrogen-bond acceptors (Lipinski definition) is 2. The zero-order valence-corrected chi connectivity index (χ0v) is 9.05. The zero-order chi connectivity index (χ0) is 10.1. The van der Waals surface area contributed by atoms with E-state index in [1.165, 1.54) is 19.3 Å². The molecule has 76 valence electrons. The predicted octanol–water partition coefficient (Wildman–Crippen LogP) is 0.995. The van der Waals surface area contributed by atoms with E-state index in [1.54, 1.807) is 19.0 Å². The molecule has 0 atom stereocenters.